The van der Waals surface area contributed by atoms with Crippen LogP contribution in [0, 0.1) is 11.8 Å². The lowest BCUT2D eigenvalue weighted by molar-refractivity contribution is 0.254. The summed E-state index contributed by atoms with van der Waals surface area (Å²) in [6, 6.07) is 1.87. The summed E-state index contributed by atoms with van der Waals surface area (Å²) < 4.78 is 0. The van der Waals surface area contributed by atoms with E-state index in [9.17, 15) is 0 Å². The standard InChI is InChI=1S/C22H39N7.HI/c1-19-6-3-7-20(18-19)8-12-25-21(23-2)24-11-5-13-28-14-16-29(17-15-28)22-26-9-4-10-27-22;/h4,9-10,19-20H,3,5-8,11-18H2,1-2H3,(H2,23,24,25);1H. The fourth-order valence-corrected chi connectivity index (χ4v) is 4.57. The molecule has 2 N–H and O–H groups in total. The van der Waals surface area contributed by atoms with E-state index in [0.717, 1.165) is 76.0 Å². The van der Waals surface area contributed by atoms with Gasteiger partial charge in [-0.3, -0.25) is 9.89 Å². The van der Waals surface area contributed by atoms with Gasteiger partial charge in [-0.15, -0.1) is 24.0 Å². The molecule has 2 fully saturated rings. The maximum atomic E-state index is 4.37. The second-order valence-electron chi connectivity index (χ2n) is 8.58. The minimum atomic E-state index is 0. The number of guanidine groups is 1. The number of nitrogens with one attached hydrogen (secondary N) is 2. The van der Waals surface area contributed by atoms with Crippen LogP contribution in [-0.4, -0.2) is 73.7 Å². The second-order valence-corrected chi connectivity index (χ2v) is 8.58. The third-order valence-electron chi connectivity index (χ3n) is 6.26. The van der Waals surface area contributed by atoms with Crippen molar-refractivity contribution in [2.75, 3.05) is 57.8 Å². The number of piperazine rings is 1. The zero-order valence-electron chi connectivity index (χ0n) is 18.7. The zero-order chi connectivity index (χ0) is 20.3. The van der Waals surface area contributed by atoms with Crippen LogP contribution in [-0.2, 0) is 0 Å². The van der Waals surface area contributed by atoms with E-state index in [1.807, 2.05) is 25.5 Å². The first-order valence-corrected chi connectivity index (χ1v) is 11.4. The Bertz CT molecular complexity index is 605. The minimum Gasteiger partial charge on any atom is -0.356 e. The van der Waals surface area contributed by atoms with Crippen LogP contribution >= 0.6 is 24.0 Å². The zero-order valence-corrected chi connectivity index (χ0v) is 21.1. The van der Waals surface area contributed by atoms with Crippen LogP contribution in [0.15, 0.2) is 23.5 Å². The number of anilines is 1. The van der Waals surface area contributed by atoms with Gasteiger partial charge in [0.1, 0.15) is 0 Å². The third-order valence-corrected chi connectivity index (χ3v) is 6.26. The van der Waals surface area contributed by atoms with Gasteiger partial charge < -0.3 is 15.5 Å². The molecule has 1 aromatic rings. The monoisotopic (exact) mass is 529 g/mol. The molecule has 1 aliphatic carbocycles. The molecule has 0 spiro atoms. The fourth-order valence-electron chi connectivity index (χ4n) is 4.57. The van der Waals surface area contributed by atoms with Crippen molar-refractivity contribution in [3.05, 3.63) is 18.5 Å². The lowest BCUT2D eigenvalue weighted by atomic mass is 9.81. The van der Waals surface area contributed by atoms with E-state index in [4.69, 9.17) is 0 Å². The molecule has 8 heteroatoms. The molecule has 3 rings (SSSR count). The van der Waals surface area contributed by atoms with Crippen molar-refractivity contribution >= 4 is 35.9 Å². The summed E-state index contributed by atoms with van der Waals surface area (Å²) in [6.45, 7) is 9.66. The molecular weight excluding hydrogens is 489 g/mol. The molecule has 0 bridgehead atoms. The van der Waals surface area contributed by atoms with Crippen LogP contribution < -0.4 is 15.5 Å². The molecule has 1 saturated heterocycles. The van der Waals surface area contributed by atoms with Gasteiger partial charge in [0.15, 0.2) is 5.96 Å². The number of nitrogens with zero attached hydrogens (tertiary/aromatic N) is 5. The van der Waals surface area contributed by atoms with E-state index in [-0.39, 0.29) is 24.0 Å². The Hall–Kier alpha value is -1.16. The Morgan fingerprint density at radius 2 is 1.83 bits per heavy atom. The first kappa shape index (κ1) is 25.1. The number of halogens is 1. The molecule has 2 unspecified atom stereocenters. The molecule has 170 valence electrons. The predicted octanol–water partition coefficient (Wildman–Crippen LogP) is 2.99. The smallest absolute Gasteiger partial charge is 0.225 e. The quantitative estimate of drug-likeness (QED) is 0.234. The first-order chi connectivity index (χ1) is 14.2. The first-order valence-electron chi connectivity index (χ1n) is 11.4. The van der Waals surface area contributed by atoms with Crippen molar-refractivity contribution in [2.24, 2.45) is 16.8 Å². The Morgan fingerprint density at radius 1 is 1.10 bits per heavy atom. The number of aromatic nitrogens is 2. The van der Waals surface area contributed by atoms with Gasteiger partial charge in [-0.05, 0) is 43.7 Å². The van der Waals surface area contributed by atoms with Gasteiger partial charge in [0.2, 0.25) is 5.95 Å². The number of hydrogen-bond acceptors (Lipinski definition) is 5. The lowest BCUT2D eigenvalue weighted by Crippen LogP contribution is -2.47. The summed E-state index contributed by atoms with van der Waals surface area (Å²) in [4.78, 5) is 17.9. The topological polar surface area (TPSA) is 68.7 Å². The summed E-state index contributed by atoms with van der Waals surface area (Å²) in [6.07, 6.45) is 11.7. The van der Waals surface area contributed by atoms with Gasteiger partial charge in [-0.2, -0.15) is 0 Å². The van der Waals surface area contributed by atoms with Gasteiger partial charge in [-0.25, -0.2) is 9.97 Å². The van der Waals surface area contributed by atoms with Crippen molar-refractivity contribution in [2.45, 2.75) is 45.4 Å². The van der Waals surface area contributed by atoms with E-state index in [0.29, 0.717) is 0 Å². The van der Waals surface area contributed by atoms with Gasteiger partial charge in [0, 0.05) is 58.7 Å². The van der Waals surface area contributed by atoms with Crippen LogP contribution in [0.25, 0.3) is 0 Å². The van der Waals surface area contributed by atoms with Crippen LogP contribution in [0.4, 0.5) is 5.95 Å². The molecular formula is C22H40IN7. The van der Waals surface area contributed by atoms with E-state index >= 15 is 0 Å². The van der Waals surface area contributed by atoms with Crippen LogP contribution in [0.5, 0.6) is 0 Å². The van der Waals surface area contributed by atoms with Gasteiger partial charge >= 0.3 is 0 Å². The van der Waals surface area contributed by atoms with E-state index in [1.165, 1.54) is 32.1 Å². The lowest BCUT2D eigenvalue weighted by Gasteiger charge is -2.34. The summed E-state index contributed by atoms with van der Waals surface area (Å²) in [5.41, 5.74) is 0. The van der Waals surface area contributed by atoms with Crippen LogP contribution in [0.2, 0.25) is 0 Å². The van der Waals surface area contributed by atoms with Crippen molar-refractivity contribution in [1.82, 2.24) is 25.5 Å². The molecule has 0 radical (unpaired) electrons. The van der Waals surface area contributed by atoms with Crippen molar-refractivity contribution in [1.29, 1.82) is 0 Å². The van der Waals surface area contributed by atoms with E-state index < -0.39 is 0 Å². The van der Waals surface area contributed by atoms with Gasteiger partial charge in [0.05, 0.1) is 0 Å². The molecule has 1 aromatic heterocycles. The highest BCUT2D eigenvalue weighted by Crippen LogP contribution is 2.30. The molecule has 2 aliphatic rings. The molecule has 1 aliphatic heterocycles. The molecule has 30 heavy (non-hydrogen) atoms. The Balaban J connectivity index is 0.00000320. The maximum absolute atomic E-state index is 4.37. The maximum Gasteiger partial charge on any atom is 0.225 e. The average molecular weight is 530 g/mol. The van der Waals surface area contributed by atoms with Crippen LogP contribution in [0.3, 0.4) is 0 Å². The number of hydrogen-bond donors (Lipinski definition) is 2. The van der Waals surface area contributed by atoms with Crippen molar-refractivity contribution in [3.8, 4) is 0 Å². The Kier molecular flexibility index (Phi) is 11.7. The largest absolute Gasteiger partial charge is 0.356 e. The average Bonchev–Trinajstić information content (AvgIpc) is 2.76. The second kappa shape index (κ2) is 14.0. The van der Waals surface area contributed by atoms with Crippen molar-refractivity contribution < 1.29 is 0 Å². The van der Waals surface area contributed by atoms with E-state index in [2.05, 4.69) is 42.3 Å². The third kappa shape index (κ3) is 8.53. The van der Waals surface area contributed by atoms with Crippen molar-refractivity contribution in [3.63, 3.8) is 0 Å². The normalized spacial score (nSPS) is 23.0. The Labute approximate surface area is 199 Å². The predicted molar refractivity (Wildman–Crippen MR) is 136 cm³/mol. The molecule has 0 amide bonds. The molecule has 2 heterocycles. The highest BCUT2D eigenvalue weighted by Gasteiger charge is 2.19. The van der Waals surface area contributed by atoms with Gasteiger partial charge in [-0.1, -0.05) is 26.2 Å². The van der Waals surface area contributed by atoms with Gasteiger partial charge in [0.25, 0.3) is 0 Å². The summed E-state index contributed by atoms with van der Waals surface area (Å²) in [5.74, 6) is 3.60. The minimum absolute atomic E-state index is 0. The fraction of sp³-hybridized carbons (Fsp3) is 0.773. The summed E-state index contributed by atoms with van der Waals surface area (Å²) in [7, 11) is 1.86. The summed E-state index contributed by atoms with van der Waals surface area (Å²) in [5, 5.41) is 6.97. The highest BCUT2D eigenvalue weighted by molar-refractivity contribution is 14.0. The number of aliphatic imine (C=N–C) groups is 1. The molecule has 1 saturated carbocycles. The molecule has 0 aromatic carbocycles. The van der Waals surface area contributed by atoms with Crippen LogP contribution in [0.1, 0.15) is 45.4 Å². The number of rotatable bonds is 8. The highest BCUT2D eigenvalue weighted by atomic mass is 127. The van der Waals surface area contributed by atoms with E-state index in [1.54, 1.807) is 0 Å². The summed E-state index contributed by atoms with van der Waals surface area (Å²) >= 11 is 0. The SMILES string of the molecule is CN=C(NCCCN1CCN(c2ncccn2)CC1)NCCC1CCCC(C)C1.I. The molecule has 7 nitrogen and oxygen atoms in total. The molecule has 2 atom stereocenters. The Morgan fingerprint density at radius 3 is 2.53 bits per heavy atom.